The van der Waals surface area contributed by atoms with Crippen molar-refractivity contribution in [1.29, 1.82) is 0 Å². The summed E-state index contributed by atoms with van der Waals surface area (Å²) in [5.41, 5.74) is 8.77. The molecule has 0 saturated carbocycles. The molecule has 0 aliphatic carbocycles. The van der Waals surface area contributed by atoms with Gasteiger partial charge in [0.2, 0.25) is 0 Å². The monoisotopic (exact) mass is 244 g/mol. The van der Waals surface area contributed by atoms with Crippen molar-refractivity contribution in [3.05, 3.63) is 59.4 Å². The van der Waals surface area contributed by atoms with Crippen molar-refractivity contribution in [3.8, 4) is 0 Å². The second-order valence-electron chi connectivity index (χ2n) is 4.47. The van der Waals surface area contributed by atoms with Gasteiger partial charge < -0.3 is 11.1 Å². The summed E-state index contributed by atoms with van der Waals surface area (Å²) < 4.78 is 13.3. The van der Waals surface area contributed by atoms with Gasteiger partial charge >= 0.3 is 0 Å². The SMILES string of the molecule is Cc1cc(NC(C)c2ccccc2)c(N)cc1F. The lowest BCUT2D eigenvalue weighted by Gasteiger charge is -2.18. The first kappa shape index (κ1) is 12.4. The summed E-state index contributed by atoms with van der Waals surface area (Å²) in [6.07, 6.45) is 0. The van der Waals surface area contributed by atoms with Crippen LogP contribution >= 0.6 is 0 Å². The van der Waals surface area contributed by atoms with Crippen LogP contribution in [-0.2, 0) is 0 Å². The minimum atomic E-state index is -0.273. The summed E-state index contributed by atoms with van der Waals surface area (Å²) in [5, 5.41) is 3.30. The highest BCUT2D eigenvalue weighted by molar-refractivity contribution is 5.67. The maximum atomic E-state index is 13.3. The van der Waals surface area contributed by atoms with E-state index >= 15 is 0 Å². The first-order valence-corrected chi connectivity index (χ1v) is 5.95. The minimum Gasteiger partial charge on any atom is -0.397 e. The maximum Gasteiger partial charge on any atom is 0.128 e. The van der Waals surface area contributed by atoms with E-state index in [0.29, 0.717) is 11.3 Å². The van der Waals surface area contributed by atoms with Crippen LogP contribution in [0.4, 0.5) is 15.8 Å². The van der Waals surface area contributed by atoms with Crippen molar-refractivity contribution in [1.82, 2.24) is 0 Å². The number of nitrogens with one attached hydrogen (secondary N) is 1. The van der Waals surface area contributed by atoms with E-state index in [-0.39, 0.29) is 11.9 Å². The quantitative estimate of drug-likeness (QED) is 0.804. The van der Waals surface area contributed by atoms with Crippen molar-refractivity contribution >= 4 is 11.4 Å². The van der Waals surface area contributed by atoms with E-state index in [1.165, 1.54) is 11.6 Å². The summed E-state index contributed by atoms with van der Waals surface area (Å²) in [7, 11) is 0. The zero-order chi connectivity index (χ0) is 13.1. The fourth-order valence-corrected chi connectivity index (χ4v) is 1.88. The van der Waals surface area contributed by atoms with Gasteiger partial charge in [0, 0.05) is 6.04 Å². The van der Waals surface area contributed by atoms with Gasteiger partial charge in [0.15, 0.2) is 0 Å². The van der Waals surface area contributed by atoms with Crippen LogP contribution in [0.3, 0.4) is 0 Å². The number of anilines is 2. The molecule has 0 aromatic heterocycles. The Morgan fingerprint density at radius 1 is 1.17 bits per heavy atom. The molecule has 0 amide bonds. The van der Waals surface area contributed by atoms with Gasteiger partial charge in [-0.25, -0.2) is 4.39 Å². The van der Waals surface area contributed by atoms with Crippen molar-refractivity contribution in [3.63, 3.8) is 0 Å². The van der Waals surface area contributed by atoms with Crippen LogP contribution in [0.1, 0.15) is 24.1 Å². The lowest BCUT2D eigenvalue weighted by Crippen LogP contribution is -2.09. The predicted octanol–water partition coefficient (Wildman–Crippen LogP) is 3.89. The second-order valence-corrected chi connectivity index (χ2v) is 4.47. The van der Waals surface area contributed by atoms with Crippen LogP contribution in [-0.4, -0.2) is 0 Å². The molecule has 3 heteroatoms. The van der Waals surface area contributed by atoms with Gasteiger partial charge in [-0.05, 0) is 37.1 Å². The van der Waals surface area contributed by atoms with E-state index in [4.69, 9.17) is 5.73 Å². The molecular weight excluding hydrogens is 227 g/mol. The molecule has 1 unspecified atom stereocenters. The summed E-state index contributed by atoms with van der Waals surface area (Å²) in [4.78, 5) is 0. The van der Waals surface area contributed by atoms with Gasteiger partial charge in [-0.1, -0.05) is 30.3 Å². The number of nitrogen functional groups attached to an aromatic ring is 1. The Morgan fingerprint density at radius 2 is 1.83 bits per heavy atom. The molecule has 0 fully saturated rings. The van der Waals surface area contributed by atoms with E-state index in [0.717, 1.165) is 5.69 Å². The summed E-state index contributed by atoms with van der Waals surface area (Å²) >= 11 is 0. The van der Waals surface area contributed by atoms with Crippen LogP contribution in [0.25, 0.3) is 0 Å². The fourth-order valence-electron chi connectivity index (χ4n) is 1.88. The highest BCUT2D eigenvalue weighted by Gasteiger charge is 2.09. The van der Waals surface area contributed by atoms with Crippen molar-refractivity contribution < 1.29 is 4.39 Å². The molecule has 0 aliphatic rings. The molecule has 2 aromatic carbocycles. The van der Waals surface area contributed by atoms with Gasteiger partial charge in [0.1, 0.15) is 5.82 Å². The second kappa shape index (κ2) is 5.08. The van der Waals surface area contributed by atoms with Crippen LogP contribution < -0.4 is 11.1 Å². The molecule has 0 radical (unpaired) electrons. The summed E-state index contributed by atoms with van der Waals surface area (Å²) in [6.45, 7) is 3.78. The van der Waals surface area contributed by atoms with Crippen LogP contribution in [0.15, 0.2) is 42.5 Å². The molecule has 0 aliphatic heterocycles. The predicted molar refractivity (Wildman–Crippen MR) is 74.0 cm³/mol. The number of hydrogen-bond donors (Lipinski definition) is 2. The zero-order valence-electron chi connectivity index (χ0n) is 10.6. The molecule has 0 bridgehead atoms. The van der Waals surface area contributed by atoms with E-state index in [2.05, 4.69) is 5.32 Å². The van der Waals surface area contributed by atoms with Crippen LogP contribution in [0.5, 0.6) is 0 Å². The molecule has 0 heterocycles. The van der Waals surface area contributed by atoms with Gasteiger partial charge in [-0.15, -0.1) is 0 Å². The lowest BCUT2D eigenvalue weighted by atomic mass is 10.1. The molecule has 94 valence electrons. The van der Waals surface area contributed by atoms with Gasteiger partial charge in [-0.2, -0.15) is 0 Å². The number of rotatable bonds is 3. The normalized spacial score (nSPS) is 12.2. The smallest absolute Gasteiger partial charge is 0.128 e. The Kier molecular flexibility index (Phi) is 3.51. The zero-order valence-corrected chi connectivity index (χ0v) is 10.6. The third-order valence-electron chi connectivity index (χ3n) is 3.00. The average Bonchev–Trinajstić information content (AvgIpc) is 2.37. The molecule has 1 atom stereocenters. The standard InChI is InChI=1S/C15H17FN2/c1-10-8-15(14(17)9-13(10)16)18-11(2)12-6-4-3-5-7-12/h3-9,11,18H,17H2,1-2H3. The Balaban J connectivity index is 2.22. The first-order chi connectivity index (χ1) is 8.58. The molecule has 0 spiro atoms. The van der Waals surface area contributed by atoms with Crippen molar-refractivity contribution in [2.45, 2.75) is 19.9 Å². The van der Waals surface area contributed by atoms with E-state index in [9.17, 15) is 4.39 Å². The maximum absolute atomic E-state index is 13.3. The van der Waals surface area contributed by atoms with Crippen molar-refractivity contribution in [2.75, 3.05) is 11.1 Å². The molecule has 18 heavy (non-hydrogen) atoms. The highest BCUT2D eigenvalue weighted by atomic mass is 19.1. The minimum absolute atomic E-state index is 0.123. The third-order valence-corrected chi connectivity index (χ3v) is 3.00. The van der Waals surface area contributed by atoms with Crippen LogP contribution in [0, 0.1) is 12.7 Å². The summed E-state index contributed by atoms with van der Waals surface area (Å²) in [6, 6.07) is 13.3. The Hall–Kier alpha value is -2.03. The highest BCUT2D eigenvalue weighted by Crippen LogP contribution is 2.26. The molecule has 0 saturated heterocycles. The number of hydrogen-bond acceptors (Lipinski definition) is 2. The Bertz CT molecular complexity index is 538. The van der Waals surface area contributed by atoms with E-state index < -0.39 is 0 Å². The fraction of sp³-hybridized carbons (Fsp3) is 0.200. The third kappa shape index (κ3) is 2.62. The molecule has 2 aromatic rings. The number of benzene rings is 2. The van der Waals surface area contributed by atoms with E-state index in [1.54, 1.807) is 13.0 Å². The van der Waals surface area contributed by atoms with Gasteiger partial charge in [0.25, 0.3) is 0 Å². The summed E-state index contributed by atoms with van der Waals surface area (Å²) in [5.74, 6) is -0.273. The van der Waals surface area contributed by atoms with E-state index in [1.807, 2.05) is 37.3 Å². The molecule has 2 rings (SSSR count). The lowest BCUT2D eigenvalue weighted by molar-refractivity contribution is 0.619. The Morgan fingerprint density at radius 3 is 2.50 bits per heavy atom. The molecule has 2 nitrogen and oxygen atoms in total. The number of aryl methyl sites for hydroxylation is 1. The molecule has 3 N–H and O–H groups in total. The van der Waals surface area contributed by atoms with Crippen LogP contribution in [0.2, 0.25) is 0 Å². The Labute approximate surface area is 107 Å². The largest absolute Gasteiger partial charge is 0.397 e. The average molecular weight is 244 g/mol. The van der Waals surface area contributed by atoms with Gasteiger partial charge in [-0.3, -0.25) is 0 Å². The van der Waals surface area contributed by atoms with Crippen molar-refractivity contribution in [2.24, 2.45) is 0 Å². The van der Waals surface area contributed by atoms with Gasteiger partial charge in [0.05, 0.1) is 11.4 Å². The number of halogens is 1. The topological polar surface area (TPSA) is 38.0 Å². The number of nitrogens with two attached hydrogens (primary N) is 1. The first-order valence-electron chi connectivity index (χ1n) is 5.95. The molecular formula is C15H17FN2.